The molecular formula is C15H15N7O. The maximum atomic E-state index is 12.7. The molecule has 0 aliphatic carbocycles. The summed E-state index contributed by atoms with van der Waals surface area (Å²) in [5, 5.41) is 18.4. The van der Waals surface area contributed by atoms with Crippen LogP contribution in [0.15, 0.2) is 36.4 Å². The molecule has 1 aromatic carbocycles. The lowest BCUT2D eigenvalue weighted by atomic mass is 10.2. The van der Waals surface area contributed by atoms with E-state index in [1.54, 1.807) is 12.1 Å². The van der Waals surface area contributed by atoms with Gasteiger partial charge in [0.15, 0.2) is 5.65 Å². The van der Waals surface area contributed by atoms with Gasteiger partial charge < -0.3 is 10.2 Å². The fraction of sp³-hybridized carbons (Fsp3) is 0.267. The van der Waals surface area contributed by atoms with E-state index in [-0.39, 0.29) is 5.91 Å². The van der Waals surface area contributed by atoms with Crippen molar-refractivity contribution in [3.05, 3.63) is 42.0 Å². The van der Waals surface area contributed by atoms with Gasteiger partial charge in [-0.3, -0.25) is 4.79 Å². The predicted octanol–water partition coefficient (Wildman–Crippen LogP) is 0.909. The Labute approximate surface area is 132 Å². The number of carbonyl (C=O) groups excluding carboxylic acids is 1. The molecule has 23 heavy (non-hydrogen) atoms. The van der Waals surface area contributed by atoms with Crippen LogP contribution >= 0.6 is 0 Å². The fourth-order valence-corrected chi connectivity index (χ4v) is 2.81. The molecule has 0 saturated heterocycles. The Balaban J connectivity index is 1.52. The summed E-state index contributed by atoms with van der Waals surface area (Å²) in [6.45, 7) is 2.54. The Morgan fingerprint density at radius 2 is 2.13 bits per heavy atom. The van der Waals surface area contributed by atoms with E-state index >= 15 is 0 Å². The van der Waals surface area contributed by atoms with Crippen molar-refractivity contribution in [1.82, 2.24) is 25.3 Å². The molecule has 0 saturated carbocycles. The van der Waals surface area contributed by atoms with Gasteiger partial charge >= 0.3 is 0 Å². The molecule has 4 rings (SSSR count). The van der Waals surface area contributed by atoms with E-state index in [0.717, 1.165) is 12.1 Å². The number of anilines is 2. The highest BCUT2D eigenvalue weighted by Gasteiger charge is 2.27. The van der Waals surface area contributed by atoms with E-state index in [0.29, 0.717) is 18.0 Å². The first-order valence-corrected chi connectivity index (χ1v) is 7.43. The first-order chi connectivity index (χ1) is 11.2. The topological polar surface area (TPSA) is 88.3 Å². The lowest BCUT2D eigenvalue weighted by Gasteiger charge is -2.22. The molecule has 1 atom stereocenters. The number of hydrogen-bond donors (Lipinski definition) is 1. The van der Waals surface area contributed by atoms with Crippen LogP contribution in [-0.4, -0.2) is 43.7 Å². The molecule has 1 amide bonds. The maximum Gasteiger partial charge on any atom is 0.249 e. The van der Waals surface area contributed by atoms with Gasteiger partial charge in [-0.05, 0) is 47.5 Å². The van der Waals surface area contributed by atoms with Crippen molar-refractivity contribution in [2.45, 2.75) is 19.4 Å². The van der Waals surface area contributed by atoms with Gasteiger partial charge in [-0.1, -0.05) is 18.2 Å². The minimum atomic E-state index is -0.400. The number of nitrogens with zero attached hydrogens (tertiary/aromatic N) is 6. The number of aromatic nitrogens is 5. The summed E-state index contributed by atoms with van der Waals surface area (Å²) in [4.78, 5) is 14.5. The summed E-state index contributed by atoms with van der Waals surface area (Å²) in [6.07, 6.45) is 0.892. The Morgan fingerprint density at radius 3 is 3.04 bits per heavy atom. The second-order valence-electron chi connectivity index (χ2n) is 5.48. The number of fused-ring (bicyclic) bond motifs is 2. The summed E-state index contributed by atoms with van der Waals surface area (Å²) >= 11 is 0. The number of rotatable bonds is 3. The van der Waals surface area contributed by atoms with Gasteiger partial charge in [0.25, 0.3) is 0 Å². The summed E-state index contributed by atoms with van der Waals surface area (Å²) in [5.41, 5.74) is 2.76. The summed E-state index contributed by atoms with van der Waals surface area (Å²) < 4.78 is 1.32. The van der Waals surface area contributed by atoms with Crippen LogP contribution in [0.3, 0.4) is 0 Å². The molecule has 116 valence electrons. The zero-order valence-corrected chi connectivity index (χ0v) is 12.5. The van der Waals surface area contributed by atoms with Gasteiger partial charge in [-0.2, -0.15) is 0 Å². The smallest absolute Gasteiger partial charge is 0.249 e. The number of benzene rings is 1. The van der Waals surface area contributed by atoms with Crippen molar-refractivity contribution < 1.29 is 4.79 Å². The van der Waals surface area contributed by atoms with Crippen molar-refractivity contribution in [3.8, 4) is 0 Å². The van der Waals surface area contributed by atoms with Gasteiger partial charge in [0.1, 0.15) is 11.9 Å². The van der Waals surface area contributed by atoms with Crippen molar-refractivity contribution in [2.24, 2.45) is 0 Å². The molecule has 1 unspecified atom stereocenters. The first-order valence-electron chi connectivity index (χ1n) is 7.43. The highest BCUT2D eigenvalue weighted by atomic mass is 16.2. The fourth-order valence-electron chi connectivity index (χ4n) is 2.81. The molecule has 3 aromatic rings. The van der Waals surface area contributed by atoms with Crippen LogP contribution in [0.5, 0.6) is 0 Å². The Hall–Kier alpha value is -3.03. The van der Waals surface area contributed by atoms with E-state index in [9.17, 15) is 4.79 Å². The molecule has 0 bridgehead atoms. The molecular weight excluding hydrogens is 294 g/mol. The number of tetrazole rings is 1. The molecule has 0 fully saturated rings. The maximum absolute atomic E-state index is 12.7. The normalized spacial score (nSPS) is 14.7. The van der Waals surface area contributed by atoms with E-state index < -0.39 is 6.04 Å². The quantitative estimate of drug-likeness (QED) is 0.773. The number of amides is 1. The predicted molar refractivity (Wildman–Crippen MR) is 84.2 cm³/mol. The Bertz CT molecular complexity index is 875. The van der Waals surface area contributed by atoms with Crippen LogP contribution in [0.2, 0.25) is 0 Å². The minimum Gasteiger partial charge on any atom is -0.357 e. The Morgan fingerprint density at radius 1 is 1.26 bits per heavy atom. The molecule has 1 aliphatic rings. The Kier molecular flexibility index (Phi) is 3.14. The second kappa shape index (κ2) is 5.31. The van der Waals surface area contributed by atoms with Crippen molar-refractivity contribution in [2.75, 3.05) is 16.8 Å². The minimum absolute atomic E-state index is 0.0218. The van der Waals surface area contributed by atoms with Crippen LogP contribution in [0.4, 0.5) is 11.5 Å². The summed E-state index contributed by atoms with van der Waals surface area (Å²) in [6, 6.07) is 11.1. The average Bonchev–Trinajstić information content (AvgIpc) is 3.20. The molecule has 1 aliphatic heterocycles. The lowest BCUT2D eigenvalue weighted by molar-refractivity contribution is -0.118. The highest BCUT2D eigenvalue weighted by Crippen LogP contribution is 2.28. The number of nitrogens with one attached hydrogen (secondary N) is 1. The van der Waals surface area contributed by atoms with E-state index in [4.69, 9.17) is 0 Å². The van der Waals surface area contributed by atoms with Crippen LogP contribution in [0.25, 0.3) is 5.65 Å². The third kappa shape index (κ3) is 2.37. The van der Waals surface area contributed by atoms with Gasteiger partial charge in [-0.15, -0.1) is 14.8 Å². The third-order valence-electron chi connectivity index (χ3n) is 3.96. The second-order valence-corrected chi connectivity index (χ2v) is 5.48. The zero-order chi connectivity index (χ0) is 15.8. The standard InChI is InChI=1S/C15H15N7O/c1-10(16-13-6-7-14-17-19-20-22(14)18-13)15(23)21-9-8-11-4-2-3-5-12(11)21/h2-7,10H,8-9H2,1H3,(H,16,18). The van der Waals surface area contributed by atoms with Gasteiger partial charge in [0.2, 0.25) is 5.91 Å². The summed E-state index contributed by atoms with van der Waals surface area (Å²) in [5.74, 6) is 0.576. The monoisotopic (exact) mass is 309 g/mol. The van der Waals surface area contributed by atoms with E-state index in [1.807, 2.05) is 30.0 Å². The molecule has 0 spiro atoms. The highest BCUT2D eigenvalue weighted by molar-refractivity contribution is 6.00. The van der Waals surface area contributed by atoms with Crippen LogP contribution < -0.4 is 10.2 Å². The van der Waals surface area contributed by atoms with Gasteiger partial charge in [0, 0.05) is 12.2 Å². The van der Waals surface area contributed by atoms with Crippen molar-refractivity contribution in [3.63, 3.8) is 0 Å². The molecule has 8 heteroatoms. The number of hydrogen-bond acceptors (Lipinski definition) is 6. The SMILES string of the molecule is CC(Nc1ccc2nnnn2n1)C(=O)N1CCc2ccccc21. The zero-order valence-electron chi connectivity index (χ0n) is 12.5. The van der Waals surface area contributed by atoms with Crippen LogP contribution in [0, 0.1) is 0 Å². The molecule has 8 nitrogen and oxygen atoms in total. The molecule has 2 aromatic heterocycles. The van der Waals surface area contributed by atoms with E-state index in [1.165, 1.54) is 10.2 Å². The summed E-state index contributed by atoms with van der Waals surface area (Å²) in [7, 11) is 0. The van der Waals surface area contributed by atoms with Crippen molar-refractivity contribution >= 4 is 23.1 Å². The van der Waals surface area contributed by atoms with Gasteiger partial charge in [0.05, 0.1) is 0 Å². The molecule has 3 heterocycles. The van der Waals surface area contributed by atoms with Gasteiger partial charge in [-0.25, -0.2) is 0 Å². The largest absolute Gasteiger partial charge is 0.357 e. The third-order valence-corrected chi connectivity index (χ3v) is 3.96. The molecule has 0 radical (unpaired) electrons. The van der Waals surface area contributed by atoms with Crippen LogP contribution in [0.1, 0.15) is 12.5 Å². The van der Waals surface area contributed by atoms with Crippen LogP contribution in [-0.2, 0) is 11.2 Å². The first kappa shape index (κ1) is 13.6. The van der Waals surface area contributed by atoms with Crippen molar-refractivity contribution in [1.29, 1.82) is 0 Å². The molecule has 1 N–H and O–H groups in total. The number of para-hydroxylation sites is 1. The lowest BCUT2D eigenvalue weighted by Crippen LogP contribution is -2.40. The van der Waals surface area contributed by atoms with E-state index in [2.05, 4.69) is 32.0 Å². The average molecular weight is 309 g/mol. The number of carbonyl (C=O) groups is 1.